The van der Waals surface area contributed by atoms with Crippen LogP contribution in [0.3, 0.4) is 0 Å². The van der Waals surface area contributed by atoms with E-state index in [1.54, 1.807) is 6.92 Å². The number of anilines is 1. The summed E-state index contributed by atoms with van der Waals surface area (Å²) in [4.78, 5) is 27.7. The van der Waals surface area contributed by atoms with E-state index in [9.17, 15) is 22.8 Å². The van der Waals surface area contributed by atoms with Gasteiger partial charge in [-0.25, -0.2) is 4.98 Å². The molecule has 156 valence electrons. The first-order valence-electron chi connectivity index (χ1n) is 8.62. The van der Waals surface area contributed by atoms with Crippen LogP contribution >= 0.6 is 0 Å². The van der Waals surface area contributed by atoms with E-state index in [2.05, 4.69) is 15.6 Å². The maximum absolute atomic E-state index is 12.3. The molecule has 0 unspecified atom stereocenters. The first-order chi connectivity index (χ1) is 13.7. The summed E-state index contributed by atoms with van der Waals surface area (Å²) in [5.41, 5.74) is 0.895. The van der Waals surface area contributed by atoms with Crippen molar-refractivity contribution in [1.82, 2.24) is 10.3 Å². The smallest absolute Gasteiger partial charge is 0.422 e. The van der Waals surface area contributed by atoms with E-state index in [1.165, 1.54) is 43.6 Å². The molecule has 29 heavy (non-hydrogen) atoms. The maximum atomic E-state index is 12.3. The summed E-state index contributed by atoms with van der Waals surface area (Å²) in [6.45, 7) is 0.367. The number of hydrogen-bond donors (Lipinski definition) is 2. The molecular formula is C19H20F3N3O4. The van der Waals surface area contributed by atoms with E-state index >= 15 is 0 Å². The number of benzene rings is 1. The Morgan fingerprint density at radius 1 is 1.14 bits per heavy atom. The second kappa shape index (κ2) is 9.76. The standard InChI is InChI=1S/C19H20F3N3O4/c1-3-17(26)25-16-9-13(6-7-23-16)18(27)24-10-12-4-5-14(15(8-12)28-2)29-11-19(20,21)22/h4-9H,3,10-11H2,1-2H3,(H,24,27)(H,23,25,26). The highest BCUT2D eigenvalue weighted by Crippen LogP contribution is 2.29. The van der Waals surface area contributed by atoms with Gasteiger partial charge in [-0.1, -0.05) is 13.0 Å². The van der Waals surface area contributed by atoms with Crippen LogP contribution in [-0.2, 0) is 11.3 Å². The molecule has 1 aromatic heterocycles. The van der Waals surface area contributed by atoms with Crippen LogP contribution in [0, 0.1) is 0 Å². The summed E-state index contributed by atoms with van der Waals surface area (Å²) in [6, 6.07) is 7.28. The molecule has 0 saturated heterocycles. The Balaban J connectivity index is 2.01. The Kier molecular flexibility index (Phi) is 7.40. The zero-order valence-corrected chi connectivity index (χ0v) is 15.8. The molecular weight excluding hydrogens is 391 g/mol. The number of carbonyl (C=O) groups is 2. The fraction of sp³-hybridized carbons (Fsp3) is 0.316. The maximum Gasteiger partial charge on any atom is 0.422 e. The summed E-state index contributed by atoms with van der Waals surface area (Å²) in [7, 11) is 1.31. The lowest BCUT2D eigenvalue weighted by Gasteiger charge is -2.14. The molecule has 0 radical (unpaired) electrons. The first-order valence-corrected chi connectivity index (χ1v) is 8.62. The Bertz CT molecular complexity index is 872. The zero-order valence-electron chi connectivity index (χ0n) is 15.8. The van der Waals surface area contributed by atoms with E-state index in [1.807, 2.05) is 0 Å². The third-order valence-electron chi connectivity index (χ3n) is 3.68. The van der Waals surface area contributed by atoms with Crippen molar-refractivity contribution in [2.75, 3.05) is 19.0 Å². The number of pyridine rings is 1. The highest BCUT2D eigenvalue weighted by Gasteiger charge is 2.29. The largest absolute Gasteiger partial charge is 0.493 e. The van der Waals surface area contributed by atoms with Crippen LogP contribution in [0.25, 0.3) is 0 Å². The molecule has 0 saturated carbocycles. The number of methoxy groups -OCH3 is 1. The minimum atomic E-state index is -4.46. The van der Waals surface area contributed by atoms with E-state index in [4.69, 9.17) is 9.47 Å². The molecule has 1 aromatic carbocycles. The first kappa shape index (κ1) is 22.0. The van der Waals surface area contributed by atoms with Crippen molar-refractivity contribution < 1.29 is 32.2 Å². The van der Waals surface area contributed by atoms with Crippen LogP contribution in [0.4, 0.5) is 19.0 Å². The summed E-state index contributed by atoms with van der Waals surface area (Å²) in [5, 5.41) is 5.24. The predicted octanol–water partition coefficient (Wildman–Crippen LogP) is 3.31. The molecule has 7 nitrogen and oxygen atoms in total. The van der Waals surface area contributed by atoms with Gasteiger partial charge in [-0.3, -0.25) is 9.59 Å². The lowest BCUT2D eigenvalue weighted by Crippen LogP contribution is -2.23. The van der Waals surface area contributed by atoms with Crippen molar-refractivity contribution in [3.63, 3.8) is 0 Å². The van der Waals surface area contributed by atoms with Gasteiger partial charge in [0.15, 0.2) is 18.1 Å². The molecule has 2 aromatic rings. The average molecular weight is 411 g/mol. The highest BCUT2D eigenvalue weighted by molar-refractivity contribution is 5.96. The van der Waals surface area contributed by atoms with Crippen molar-refractivity contribution in [3.8, 4) is 11.5 Å². The van der Waals surface area contributed by atoms with Crippen molar-refractivity contribution in [2.24, 2.45) is 0 Å². The third kappa shape index (κ3) is 6.98. The Morgan fingerprint density at radius 3 is 2.55 bits per heavy atom. The fourth-order valence-electron chi connectivity index (χ4n) is 2.26. The highest BCUT2D eigenvalue weighted by atomic mass is 19.4. The van der Waals surface area contributed by atoms with Crippen molar-refractivity contribution in [1.29, 1.82) is 0 Å². The zero-order chi connectivity index (χ0) is 21.4. The second-order valence-electron chi connectivity index (χ2n) is 5.90. The number of hydrogen-bond acceptors (Lipinski definition) is 5. The van der Waals surface area contributed by atoms with E-state index in [-0.39, 0.29) is 36.2 Å². The SMILES string of the molecule is CCC(=O)Nc1cc(C(=O)NCc2ccc(OCC(F)(F)F)c(OC)c2)ccn1. The molecule has 0 atom stereocenters. The molecule has 0 aliphatic rings. The summed E-state index contributed by atoms with van der Waals surface area (Å²) < 4.78 is 46.7. The summed E-state index contributed by atoms with van der Waals surface area (Å²) in [5.74, 6) is -0.303. The van der Waals surface area contributed by atoms with Gasteiger partial charge in [0, 0.05) is 24.7 Å². The van der Waals surface area contributed by atoms with E-state index < -0.39 is 18.7 Å². The van der Waals surface area contributed by atoms with Gasteiger partial charge < -0.3 is 20.1 Å². The molecule has 2 rings (SSSR count). The van der Waals surface area contributed by atoms with Gasteiger partial charge in [0.05, 0.1) is 7.11 Å². The van der Waals surface area contributed by atoms with Crippen LogP contribution in [0.15, 0.2) is 36.5 Å². The van der Waals surface area contributed by atoms with Crippen molar-refractivity contribution in [3.05, 3.63) is 47.7 Å². The van der Waals surface area contributed by atoms with Gasteiger partial charge >= 0.3 is 6.18 Å². The van der Waals surface area contributed by atoms with Crippen LogP contribution in [-0.4, -0.2) is 36.7 Å². The fourth-order valence-corrected chi connectivity index (χ4v) is 2.26. The third-order valence-corrected chi connectivity index (χ3v) is 3.68. The lowest BCUT2D eigenvalue weighted by molar-refractivity contribution is -0.153. The van der Waals surface area contributed by atoms with Gasteiger partial charge in [-0.05, 0) is 29.8 Å². The number of ether oxygens (including phenoxy) is 2. The molecule has 0 bridgehead atoms. The normalized spacial score (nSPS) is 10.9. The molecule has 1 heterocycles. The molecule has 0 aliphatic carbocycles. The van der Waals surface area contributed by atoms with Crippen molar-refractivity contribution in [2.45, 2.75) is 26.1 Å². The quantitative estimate of drug-likeness (QED) is 0.696. The molecule has 2 N–H and O–H groups in total. The predicted molar refractivity (Wildman–Crippen MR) is 98.9 cm³/mol. The van der Waals surface area contributed by atoms with Crippen LogP contribution < -0.4 is 20.1 Å². The number of rotatable bonds is 8. The lowest BCUT2D eigenvalue weighted by atomic mass is 10.2. The number of nitrogens with one attached hydrogen (secondary N) is 2. The van der Waals surface area contributed by atoms with Crippen LogP contribution in [0.5, 0.6) is 11.5 Å². The van der Waals surface area contributed by atoms with Gasteiger partial charge in [-0.2, -0.15) is 13.2 Å². The number of nitrogens with zero attached hydrogens (tertiary/aromatic N) is 1. The number of aromatic nitrogens is 1. The topological polar surface area (TPSA) is 89.6 Å². The molecule has 10 heteroatoms. The van der Waals surface area contributed by atoms with Crippen LogP contribution in [0.1, 0.15) is 29.3 Å². The molecule has 2 amide bonds. The van der Waals surface area contributed by atoms with E-state index in [0.717, 1.165) is 0 Å². The molecule has 0 fully saturated rings. The van der Waals surface area contributed by atoms with Crippen LogP contribution in [0.2, 0.25) is 0 Å². The molecule has 0 spiro atoms. The Morgan fingerprint density at radius 2 is 1.90 bits per heavy atom. The van der Waals surface area contributed by atoms with Crippen molar-refractivity contribution >= 4 is 17.6 Å². The number of halogens is 3. The monoisotopic (exact) mass is 411 g/mol. The Labute approximate surface area is 165 Å². The Hall–Kier alpha value is -3.30. The number of carbonyl (C=O) groups excluding carboxylic acids is 2. The second-order valence-corrected chi connectivity index (χ2v) is 5.90. The number of amides is 2. The summed E-state index contributed by atoms with van der Waals surface area (Å²) in [6.07, 6.45) is -2.78. The minimum absolute atomic E-state index is 0.0506. The number of alkyl halides is 3. The van der Waals surface area contributed by atoms with Gasteiger partial charge in [0.1, 0.15) is 5.82 Å². The van der Waals surface area contributed by atoms with Gasteiger partial charge in [0.2, 0.25) is 5.91 Å². The minimum Gasteiger partial charge on any atom is -0.493 e. The van der Waals surface area contributed by atoms with Gasteiger partial charge in [-0.15, -0.1) is 0 Å². The van der Waals surface area contributed by atoms with Gasteiger partial charge in [0.25, 0.3) is 5.91 Å². The summed E-state index contributed by atoms with van der Waals surface area (Å²) >= 11 is 0. The average Bonchev–Trinajstić information content (AvgIpc) is 2.70. The van der Waals surface area contributed by atoms with E-state index in [0.29, 0.717) is 11.1 Å². The molecule has 0 aliphatic heterocycles.